The second kappa shape index (κ2) is 9.41. The molecular formula is C27H31ClFNO4. The van der Waals surface area contributed by atoms with Gasteiger partial charge in [0, 0.05) is 23.7 Å². The number of carbonyl (C=O) groups is 2. The Labute approximate surface area is 205 Å². The van der Waals surface area contributed by atoms with Gasteiger partial charge in [0.05, 0.1) is 17.2 Å². The summed E-state index contributed by atoms with van der Waals surface area (Å²) in [6, 6.07) is 9.24. The minimum absolute atomic E-state index is 0.0151. The molecule has 1 aliphatic heterocycles. The number of nitrogens with zero attached hydrogens (tertiary/aromatic N) is 1. The van der Waals surface area contributed by atoms with Gasteiger partial charge in [0.1, 0.15) is 0 Å². The molecule has 0 saturated carbocycles. The number of amides is 1. The van der Waals surface area contributed by atoms with Gasteiger partial charge in [-0.25, -0.2) is 9.18 Å². The highest BCUT2D eigenvalue weighted by Gasteiger charge is 2.41. The number of hydrogen-bond donors (Lipinski definition) is 1. The van der Waals surface area contributed by atoms with Gasteiger partial charge >= 0.3 is 5.97 Å². The normalized spacial score (nSPS) is 18.8. The number of carboxylic acids is 1. The molecule has 0 spiro atoms. The van der Waals surface area contributed by atoms with E-state index in [1.54, 1.807) is 24.4 Å². The van der Waals surface area contributed by atoms with Crippen LogP contribution in [-0.2, 0) is 10.2 Å². The Balaban J connectivity index is 2.02. The third kappa shape index (κ3) is 5.27. The van der Waals surface area contributed by atoms with E-state index in [1.807, 2.05) is 41.5 Å². The van der Waals surface area contributed by atoms with Crippen molar-refractivity contribution in [3.8, 4) is 5.75 Å². The van der Waals surface area contributed by atoms with Gasteiger partial charge in [-0.1, -0.05) is 53.1 Å². The fraction of sp³-hybridized carbons (Fsp3) is 0.407. The highest BCUT2D eigenvalue weighted by Crippen LogP contribution is 2.46. The van der Waals surface area contributed by atoms with E-state index in [1.165, 1.54) is 23.1 Å². The van der Waals surface area contributed by atoms with Crippen LogP contribution in [-0.4, -0.2) is 23.6 Å². The number of allylic oxidation sites excluding steroid dienone is 1. The Morgan fingerprint density at radius 2 is 1.85 bits per heavy atom. The summed E-state index contributed by atoms with van der Waals surface area (Å²) in [5.41, 5.74) is 1.34. The average molecular weight is 488 g/mol. The first-order valence-electron chi connectivity index (χ1n) is 11.2. The van der Waals surface area contributed by atoms with E-state index in [-0.39, 0.29) is 40.0 Å². The first kappa shape index (κ1) is 25.8. The van der Waals surface area contributed by atoms with Crippen molar-refractivity contribution in [3.05, 3.63) is 70.1 Å². The summed E-state index contributed by atoms with van der Waals surface area (Å²) < 4.78 is 20.8. The van der Waals surface area contributed by atoms with Gasteiger partial charge in [0.2, 0.25) is 5.91 Å². The van der Waals surface area contributed by atoms with E-state index >= 15 is 4.39 Å². The van der Waals surface area contributed by atoms with Crippen molar-refractivity contribution in [1.82, 2.24) is 0 Å². The van der Waals surface area contributed by atoms with Crippen molar-refractivity contribution in [2.75, 3.05) is 11.5 Å². The van der Waals surface area contributed by atoms with E-state index in [4.69, 9.17) is 21.4 Å². The molecule has 0 fully saturated rings. The Morgan fingerprint density at radius 3 is 2.35 bits per heavy atom. The van der Waals surface area contributed by atoms with Gasteiger partial charge in [-0.2, -0.15) is 0 Å². The van der Waals surface area contributed by atoms with Gasteiger partial charge in [0.15, 0.2) is 11.6 Å². The van der Waals surface area contributed by atoms with E-state index in [2.05, 4.69) is 0 Å². The van der Waals surface area contributed by atoms with E-state index in [9.17, 15) is 9.59 Å². The van der Waals surface area contributed by atoms with E-state index in [0.717, 1.165) is 5.57 Å². The van der Waals surface area contributed by atoms with Gasteiger partial charge in [0.25, 0.3) is 0 Å². The molecule has 0 saturated heterocycles. The Hall–Kier alpha value is -2.86. The number of carbonyl (C=O) groups excluding carboxylic acids is 1. The molecular weight excluding hydrogens is 457 g/mol. The van der Waals surface area contributed by atoms with Crippen molar-refractivity contribution in [1.29, 1.82) is 0 Å². The van der Waals surface area contributed by atoms with Crippen LogP contribution in [0.25, 0.3) is 0 Å². The monoisotopic (exact) mass is 487 g/mol. The fourth-order valence-electron chi connectivity index (χ4n) is 4.19. The third-order valence-electron chi connectivity index (χ3n) is 5.98. The molecule has 0 unspecified atom stereocenters. The van der Waals surface area contributed by atoms with Crippen molar-refractivity contribution in [3.63, 3.8) is 0 Å². The zero-order chi connectivity index (χ0) is 25.4. The molecule has 34 heavy (non-hydrogen) atoms. The maximum Gasteiger partial charge on any atom is 0.335 e. The fourth-order valence-corrected chi connectivity index (χ4v) is 4.45. The van der Waals surface area contributed by atoms with Crippen molar-refractivity contribution in [2.24, 2.45) is 11.3 Å². The van der Waals surface area contributed by atoms with Crippen LogP contribution in [0.5, 0.6) is 5.75 Å². The lowest BCUT2D eigenvalue weighted by Gasteiger charge is -2.41. The summed E-state index contributed by atoms with van der Waals surface area (Å²) in [7, 11) is 0. The van der Waals surface area contributed by atoms with Crippen molar-refractivity contribution >= 4 is 29.2 Å². The first-order valence-corrected chi connectivity index (χ1v) is 11.6. The molecule has 0 radical (unpaired) electrons. The van der Waals surface area contributed by atoms with Gasteiger partial charge in [-0.05, 0) is 58.9 Å². The highest BCUT2D eigenvalue weighted by atomic mass is 35.5. The quantitative estimate of drug-likeness (QED) is 0.484. The molecule has 1 atom stereocenters. The largest absolute Gasteiger partial charge is 0.488 e. The van der Waals surface area contributed by atoms with Crippen LogP contribution in [0.1, 0.15) is 63.9 Å². The molecule has 3 rings (SSSR count). The van der Waals surface area contributed by atoms with Gasteiger partial charge < -0.3 is 9.84 Å². The second-order valence-electron chi connectivity index (χ2n) is 10.5. The molecule has 0 bridgehead atoms. The van der Waals surface area contributed by atoms with Crippen LogP contribution < -0.4 is 9.64 Å². The zero-order valence-electron chi connectivity index (χ0n) is 20.4. The van der Waals surface area contributed by atoms with E-state index < -0.39 is 17.2 Å². The van der Waals surface area contributed by atoms with Crippen LogP contribution in [0.3, 0.4) is 0 Å². The molecule has 1 N–H and O–H groups in total. The van der Waals surface area contributed by atoms with Gasteiger partial charge in [-0.15, -0.1) is 0 Å². The van der Waals surface area contributed by atoms with Gasteiger partial charge in [-0.3, -0.25) is 9.69 Å². The highest BCUT2D eigenvalue weighted by molar-refractivity contribution is 6.32. The number of benzene rings is 2. The number of ether oxygens (including phenoxy) is 1. The maximum atomic E-state index is 15.1. The van der Waals surface area contributed by atoms with Crippen LogP contribution in [0.15, 0.2) is 48.2 Å². The van der Waals surface area contributed by atoms with Crippen LogP contribution in [0.2, 0.25) is 5.02 Å². The smallest absolute Gasteiger partial charge is 0.335 e. The number of halogens is 2. The summed E-state index contributed by atoms with van der Waals surface area (Å²) in [6.45, 7) is 12.2. The molecule has 7 heteroatoms. The summed E-state index contributed by atoms with van der Waals surface area (Å²) >= 11 is 6.45. The third-order valence-corrected chi connectivity index (χ3v) is 6.26. The van der Waals surface area contributed by atoms with E-state index in [0.29, 0.717) is 17.9 Å². The zero-order valence-corrected chi connectivity index (χ0v) is 21.2. The number of carboxylic acid groups (broad SMARTS) is 1. The Bertz CT molecular complexity index is 1110. The summed E-state index contributed by atoms with van der Waals surface area (Å²) in [5.74, 6) is -1.70. The molecule has 2 aromatic rings. The molecule has 1 heterocycles. The Morgan fingerprint density at radius 1 is 1.24 bits per heavy atom. The molecule has 1 amide bonds. The lowest BCUT2D eigenvalue weighted by Crippen LogP contribution is -2.42. The lowest BCUT2D eigenvalue weighted by atomic mass is 9.68. The summed E-state index contributed by atoms with van der Waals surface area (Å²) in [4.78, 5) is 25.9. The minimum Gasteiger partial charge on any atom is -0.488 e. The standard InChI is InChI=1S/C27H31ClFNO4/c1-16(2)20-14-30(19-9-7-17(8-10-19)25(32)33)23(31)13-27(20,6)18-11-21(28)24(22(29)12-18)34-15-26(3,4)5/h7-12,14,16H,13,15H2,1-6H3,(H,32,33)/t27-/m0/s1. The molecule has 0 aliphatic carbocycles. The lowest BCUT2D eigenvalue weighted by molar-refractivity contribution is -0.119. The number of rotatable bonds is 6. The first-order chi connectivity index (χ1) is 15.7. The van der Waals surface area contributed by atoms with Crippen LogP contribution >= 0.6 is 11.6 Å². The summed E-state index contributed by atoms with van der Waals surface area (Å²) in [5, 5.41) is 9.31. The predicted octanol–water partition coefficient (Wildman–Crippen LogP) is 6.84. The average Bonchev–Trinajstić information content (AvgIpc) is 2.72. The molecule has 182 valence electrons. The second-order valence-corrected chi connectivity index (χ2v) is 10.9. The Kier molecular flexibility index (Phi) is 7.13. The topological polar surface area (TPSA) is 66.8 Å². The van der Waals surface area contributed by atoms with Crippen molar-refractivity contribution < 1.29 is 23.8 Å². The molecule has 0 aromatic heterocycles. The number of aromatic carboxylic acids is 1. The predicted molar refractivity (Wildman–Crippen MR) is 132 cm³/mol. The number of anilines is 1. The molecule has 5 nitrogen and oxygen atoms in total. The van der Waals surface area contributed by atoms with Crippen LogP contribution in [0.4, 0.5) is 10.1 Å². The maximum absolute atomic E-state index is 15.1. The number of hydrogen-bond acceptors (Lipinski definition) is 3. The minimum atomic E-state index is -1.03. The molecule has 2 aromatic carbocycles. The molecule has 1 aliphatic rings. The SMILES string of the molecule is CC(C)C1=CN(c2ccc(C(=O)O)cc2)C(=O)C[C@@]1(C)c1cc(F)c(OCC(C)(C)C)c(Cl)c1. The van der Waals surface area contributed by atoms with Crippen LogP contribution in [0, 0.1) is 17.2 Å². The van der Waals surface area contributed by atoms with Crippen molar-refractivity contribution in [2.45, 2.75) is 53.4 Å². The summed E-state index contributed by atoms with van der Waals surface area (Å²) in [6.07, 6.45) is 1.89.